The molecule has 10 fully saturated rings. The van der Waals surface area contributed by atoms with E-state index in [1.54, 1.807) is 73.7 Å². The zero-order valence-corrected chi connectivity index (χ0v) is 81.0. The van der Waals surface area contributed by atoms with Crippen molar-refractivity contribution in [1.29, 1.82) is 0 Å². The molecular formula is C87H101Cl9N26S5. The first-order chi connectivity index (χ1) is 60.9. The highest BCUT2D eigenvalue weighted by molar-refractivity contribution is 8.00. The SMILES string of the molecule is C[C@H]1CCC12CCN(c1cnc(Sc3ccnc(Cl)c3Cl)c(N)n1)CC2.C[C@H]1CCC12CCN(c1cnc(Sc3ccnc(N)c3Cl)c(N)n1)CC2.Nc1nc(N2CC[C@@]3(CC[C@@H]3N)C2)cnc1Sc1cccc(Cl)c1Cl.Nc1nc(N2CC[C@@]3(CC[C@H]3N)C2)cnc1Sc1cccc(Cl)c1Cl.Nc1nc(N2CC[C@]3(CC[C@H]3N)C2)cnc1Sc1cccc(Cl)c1Cl. The maximum atomic E-state index is 6.24. The number of nitrogens with two attached hydrogens (primary N) is 9. The van der Waals surface area contributed by atoms with E-state index in [1.807, 2.05) is 36.4 Å². The van der Waals surface area contributed by atoms with Crippen LogP contribution in [0.3, 0.4) is 0 Å². The predicted octanol–water partition coefficient (Wildman–Crippen LogP) is 20.3. The van der Waals surface area contributed by atoms with Crippen LogP contribution < -0.4 is 76.1 Å². The predicted molar refractivity (Wildman–Crippen MR) is 524 cm³/mol. The van der Waals surface area contributed by atoms with Gasteiger partial charge in [0, 0.05) is 137 Å². The van der Waals surface area contributed by atoms with Crippen molar-refractivity contribution >= 4 is 227 Å². The van der Waals surface area contributed by atoms with Crippen molar-refractivity contribution in [3.63, 3.8) is 0 Å². The van der Waals surface area contributed by atoms with E-state index >= 15 is 0 Å². The average Bonchev–Trinajstić information content (AvgIpc) is 1.68. The fourth-order valence-corrected chi connectivity index (χ4v) is 24.8. The van der Waals surface area contributed by atoms with Crippen LogP contribution in [0.2, 0.25) is 45.3 Å². The highest BCUT2D eigenvalue weighted by Gasteiger charge is 2.53. The first kappa shape index (κ1) is 93.6. The van der Waals surface area contributed by atoms with Crippen molar-refractivity contribution in [2.75, 3.05) is 124 Å². The van der Waals surface area contributed by atoms with Gasteiger partial charge in [0.2, 0.25) is 0 Å². The third-order valence-corrected chi connectivity index (χ3v) is 37.5. The molecule has 5 saturated carbocycles. The minimum absolute atomic E-state index is 0.262. The number of benzene rings is 3. The molecule has 8 atom stereocenters. The van der Waals surface area contributed by atoms with Gasteiger partial charge in [-0.3, -0.25) is 0 Å². The van der Waals surface area contributed by atoms with Crippen LogP contribution in [-0.2, 0) is 0 Å². The lowest BCUT2D eigenvalue weighted by atomic mass is 9.56. The van der Waals surface area contributed by atoms with Crippen molar-refractivity contribution in [2.45, 2.75) is 191 Å². The Morgan fingerprint density at radius 2 is 0.551 bits per heavy atom. The average molecular weight is 1990 g/mol. The zero-order chi connectivity index (χ0) is 89.4. The molecule has 672 valence electrons. The van der Waals surface area contributed by atoms with Crippen molar-refractivity contribution in [3.05, 3.63) is 155 Å². The largest absolute Gasteiger partial charge is 0.382 e. The number of nitrogens with zero attached hydrogens (tertiary/aromatic N) is 17. The van der Waals surface area contributed by atoms with Gasteiger partial charge in [0.05, 0.1) is 71.2 Å². The van der Waals surface area contributed by atoms with Crippen LogP contribution in [0.1, 0.15) is 123 Å². The van der Waals surface area contributed by atoms with E-state index in [-0.39, 0.29) is 21.4 Å². The summed E-state index contributed by atoms with van der Waals surface area (Å²) >= 11 is 62.1. The summed E-state index contributed by atoms with van der Waals surface area (Å²) in [4.78, 5) is 68.6. The van der Waals surface area contributed by atoms with Gasteiger partial charge in [-0.05, 0) is 180 Å². The second-order valence-electron chi connectivity index (χ2n) is 34.8. The van der Waals surface area contributed by atoms with E-state index in [4.69, 9.17) is 156 Å². The van der Waals surface area contributed by atoms with Crippen LogP contribution in [0, 0.1) is 38.9 Å². The molecule has 0 amide bonds. The number of piperidine rings is 2. The second-order valence-corrected chi connectivity index (χ2v) is 43.4. The van der Waals surface area contributed by atoms with E-state index < -0.39 is 0 Å². The minimum Gasteiger partial charge on any atom is -0.382 e. The summed E-state index contributed by atoms with van der Waals surface area (Å²) in [5.41, 5.74) is 57.1. The van der Waals surface area contributed by atoms with Crippen LogP contribution in [0.5, 0.6) is 0 Å². The molecule has 40 heteroatoms. The van der Waals surface area contributed by atoms with Gasteiger partial charge in [-0.1, -0.05) is 195 Å². The van der Waals surface area contributed by atoms with Crippen molar-refractivity contribution < 1.29 is 0 Å². The molecule has 127 heavy (non-hydrogen) atoms. The van der Waals surface area contributed by atoms with Gasteiger partial charge < -0.3 is 76.1 Å². The van der Waals surface area contributed by atoms with Gasteiger partial charge >= 0.3 is 0 Å². The molecule has 20 rings (SSSR count). The summed E-state index contributed by atoms with van der Waals surface area (Å²) in [5, 5.41) is 7.25. The van der Waals surface area contributed by atoms with Crippen molar-refractivity contribution in [2.24, 2.45) is 56.1 Å². The molecule has 10 aromatic rings. The maximum Gasteiger partial charge on any atom is 0.158 e. The number of rotatable bonds is 15. The Morgan fingerprint density at radius 1 is 0.291 bits per heavy atom. The molecular weight excluding hydrogens is 1890 g/mol. The van der Waals surface area contributed by atoms with E-state index in [9.17, 15) is 0 Å². The number of anilines is 11. The summed E-state index contributed by atoms with van der Waals surface area (Å²) in [5.74, 6) is 8.19. The molecule has 26 nitrogen and oxygen atoms in total. The first-order valence-corrected chi connectivity index (χ1v) is 50.0. The Balaban J connectivity index is 0.000000117. The van der Waals surface area contributed by atoms with E-state index in [0.717, 1.165) is 169 Å². The van der Waals surface area contributed by atoms with E-state index in [0.29, 0.717) is 129 Å². The molecule has 5 aliphatic carbocycles. The van der Waals surface area contributed by atoms with Crippen molar-refractivity contribution in [3.8, 4) is 0 Å². The van der Waals surface area contributed by atoms with Crippen LogP contribution >= 0.6 is 163 Å². The number of hydrogen-bond donors (Lipinski definition) is 9. The summed E-state index contributed by atoms with van der Waals surface area (Å²) in [7, 11) is 0. The normalized spacial score (nSPS) is 23.9. The van der Waals surface area contributed by atoms with Gasteiger partial charge in [-0.2, -0.15) is 0 Å². The number of nitrogen functional groups attached to an aromatic ring is 6. The quantitative estimate of drug-likeness (QED) is 0.0430. The minimum atomic E-state index is 0.262. The van der Waals surface area contributed by atoms with Crippen molar-refractivity contribution in [1.82, 2.24) is 59.8 Å². The summed E-state index contributed by atoms with van der Waals surface area (Å²) in [6.07, 6.45) is 32.9. The molecule has 0 unspecified atom stereocenters. The van der Waals surface area contributed by atoms with Crippen LogP contribution in [0.25, 0.3) is 0 Å². The molecule has 18 N–H and O–H groups in total. The second kappa shape index (κ2) is 39.7. The lowest BCUT2D eigenvalue weighted by Gasteiger charge is -2.53. The Morgan fingerprint density at radius 3 is 0.803 bits per heavy atom. The van der Waals surface area contributed by atoms with Crippen LogP contribution in [0.15, 0.2) is 160 Å². The molecule has 5 aliphatic heterocycles. The number of aromatic nitrogens is 12. The molecule has 3 aromatic carbocycles. The highest BCUT2D eigenvalue weighted by atomic mass is 35.5. The first-order valence-electron chi connectivity index (χ1n) is 42.5. The lowest BCUT2D eigenvalue weighted by Crippen LogP contribution is -2.52. The summed E-state index contributed by atoms with van der Waals surface area (Å²) < 4.78 is 0. The molecule has 0 radical (unpaired) electrons. The van der Waals surface area contributed by atoms with Crippen LogP contribution in [0.4, 0.5) is 64.0 Å². The fourth-order valence-electron chi connectivity index (χ4n) is 18.8. The lowest BCUT2D eigenvalue weighted by molar-refractivity contribution is 0.0163. The molecule has 5 saturated heterocycles. The van der Waals surface area contributed by atoms with E-state index in [2.05, 4.69) is 98.2 Å². The van der Waals surface area contributed by atoms with E-state index in [1.165, 1.54) is 129 Å². The Labute approximate surface area is 806 Å². The summed E-state index contributed by atoms with van der Waals surface area (Å²) in [6.45, 7) is 14.6. The third kappa shape index (κ3) is 20.2. The van der Waals surface area contributed by atoms with Crippen LogP contribution in [-0.4, -0.2) is 143 Å². The number of pyridine rings is 2. The standard InChI is InChI=1S/C18H21Cl2N5S.C18H23ClN6S.3C17H19Cl2N5S/c2*1-11-2-4-18(11)5-8-25(9-6-18)13-10-23-17(16(21)24-13)26-12-3-7-22-15(20)14(12)19;3*18-10-2-1-3-11(14(10)19)25-16-15(21)23-13(8-22-16)24-7-6-17(9-24)5-4-12(17)20/h3,7,10-11H,2,4-6,8-9H2,1H3,(H2,21,24);3,7,10-11H,2,4-6,8-9H2,1H3,(H2,20,22)(H2,21,24);3*1-3,8,12H,4-7,9,20H2,(H2,21,23)/t2*11-;12-,17+;2*12-,17-/m00110/s1. The smallest absolute Gasteiger partial charge is 0.158 e. The topological polar surface area (TPSA) is 405 Å². The fraction of sp³-hybridized carbons (Fsp3) is 0.448. The number of halogens is 9. The Kier molecular flexibility index (Phi) is 29.2. The maximum absolute atomic E-state index is 6.24. The van der Waals surface area contributed by atoms with Gasteiger partial charge in [0.25, 0.3) is 0 Å². The van der Waals surface area contributed by atoms with Gasteiger partial charge in [-0.25, -0.2) is 59.8 Å². The monoisotopic (exact) mass is 1980 g/mol. The molecule has 10 aliphatic rings. The molecule has 12 heterocycles. The Bertz CT molecular complexity index is 5220. The molecule has 7 aromatic heterocycles. The highest BCUT2D eigenvalue weighted by Crippen LogP contribution is 2.57. The molecule has 0 bridgehead atoms. The van der Waals surface area contributed by atoms with Gasteiger partial charge in [-0.15, -0.1) is 0 Å². The number of hydrogen-bond acceptors (Lipinski definition) is 31. The molecule has 5 spiro atoms. The van der Waals surface area contributed by atoms with Gasteiger partial charge in [0.15, 0.2) is 29.1 Å². The van der Waals surface area contributed by atoms with Gasteiger partial charge in [0.1, 0.15) is 65.2 Å². The summed E-state index contributed by atoms with van der Waals surface area (Å²) in [6, 6.07) is 21.0. The zero-order valence-electron chi connectivity index (χ0n) is 70.1. The third-order valence-electron chi connectivity index (χ3n) is 28.0. The Hall–Kier alpha value is -6.60.